The average molecular weight is 329 g/mol. The molecule has 2 aromatic carbocycles. The second-order valence-corrected chi connectivity index (χ2v) is 5.51. The van der Waals surface area contributed by atoms with Gasteiger partial charge in [0.1, 0.15) is 23.9 Å². The van der Waals surface area contributed by atoms with Crippen LogP contribution in [0.3, 0.4) is 0 Å². The van der Waals surface area contributed by atoms with E-state index in [1.165, 1.54) is 0 Å². The quantitative estimate of drug-likeness (QED) is 0.809. The molecule has 0 spiro atoms. The van der Waals surface area contributed by atoms with Gasteiger partial charge in [-0.1, -0.05) is 24.3 Å². The largest absolute Gasteiger partial charge is 0.497 e. The zero-order chi connectivity index (χ0) is 17.4. The van der Waals surface area contributed by atoms with Crippen LogP contribution in [-0.4, -0.2) is 32.3 Å². The van der Waals surface area contributed by atoms with Gasteiger partial charge >= 0.3 is 0 Å². The molecule has 0 fully saturated rings. The van der Waals surface area contributed by atoms with Crippen molar-refractivity contribution in [3.05, 3.63) is 54.1 Å². The summed E-state index contributed by atoms with van der Waals surface area (Å²) in [6, 6.07) is 14.8. The minimum Gasteiger partial charge on any atom is -0.497 e. The Labute approximate surface area is 142 Å². The molecule has 0 heterocycles. The maximum absolute atomic E-state index is 11.9. The van der Waals surface area contributed by atoms with Gasteiger partial charge in [0, 0.05) is 6.07 Å². The van der Waals surface area contributed by atoms with Crippen molar-refractivity contribution >= 4 is 5.91 Å². The monoisotopic (exact) mass is 329 g/mol. The highest BCUT2D eigenvalue weighted by atomic mass is 16.5. The minimum absolute atomic E-state index is 0.0537. The summed E-state index contributed by atoms with van der Waals surface area (Å²) in [4.78, 5) is 11.9. The number of aryl methyl sites for hydroxylation is 1. The summed E-state index contributed by atoms with van der Waals surface area (Å²) in [7, 11) is 1.59. The third kappa shape index (κ3) is 5.50. The Morgan fingerprint density at radius 2 is 1.83 bits per heavy atom. The standard InChI is InChI=1S/C19H23NO4/c1-14-7-4-5-10-18(14)24-12-15(2)20-19(21)13-23-17-9-6-8-16(11-17)22-3/h4-11,15H,12-13H2,1-3H3,(H,20,21). The second-order valence-electron chi connectivity index (χ2n) is 5.51. The van der Waals surface area contributed by atoms with E-state index in [1.807, 2.05) is 50.2 Å². The molecule has 0 saturated carbocycles. The molecule has 2 rings (SSSR count). The second kappa shape index (κ2) is 8.82. The highest BCUT2D eigenvalue weighted by Crippen LogP contribution is 2.18. The number of hydrogen-bond donors (Lipinski definition) is 1. The summed E-state index contributed by atoms with van der Waals surface area (Å²) < 4.78 is 16.3. The number of para-hydroxylation sites is 1. The molecule has 0 bridgehead atoms. The first-order valence-corrected chi connectivity index (χ1v) is 7.83. The summed E-state index contributed by atoms with van der Waals surface area (Å²) in [5.41, 5.74) is 1.07. The molecule has 0 radical (unpaired) electrons. The summed E-state index contributed by atoms with van der Waals surface area (Å²) >= 11 is 0. The van der Waals surface area contributed by atoms with Crippen molar-refractivity contribution in [2.24, 2.45) is 0 Å². The number of rotatable bonds is 8. The average Bonchev–Trinajstić information content (AvgIpc) is 2.59. The number of carbonyl (C=O) groups excluding carboxylic acids is 1. The number of amides is 1. The van der Waals surface area contributed by atoms with Gasteiger partial charge in [0.15, 0.2) is 6.61 Å². The van der Waals surface area contributed by atoms with Gasteiger partial charge in [-0.2, -0.15) is 0 Å². The number of methoxy groups -OCH3 is 1. The number of hydrogen-bond acceptors (Lipinski definition) is 4. The van der Waals surface area contributed by atoms with Gasteiger partial charge in [-0.3, -0.25) is 4.79 Å². The molecular weight excluding hydrogens is 306 g/mol. The fourth-order valence-electron chi connectivity index (χ4n) is 2.13. The van der Waals surface area contributed by atoms with E-state index in [-0.39, 0.29) is 18.6 Å². The Balaban J connectivity index is 1.74. The van der Waals surface area contributed by atoms with E-state index >= 15 is 0 Å². The smallest absolute Gasteiger partial charge is 0.258 e. The molecule has 128 valence electrons. The zero-order valence-corrected chi connectivity index (χ0v) is 14.2. The van der Waals surface area contributed by atoms with Gasteiger partial charge in [-0.15, -0.1) is 0 Å². The Kier molecular flexibility index (Phi) is 6.49. The summed E-state index contributed by atoms with van der Waals surface area (Å²) in [6.07, 6.45) is 0. The molecule has 1 atom stereocenters. The lowest BCUT2D eigenvalue weighted by Crippen LogP contribution is -2.39. The van der Waals surface area contributed by atoms with Crippen molar-refractivity contribution < 1.29 is 19.0 Å². The van der Waals surface area contributed by atoms with Crippen LogP contribution in [0.25, 0.3) is 0 Å². The van der Waals surface area contributed by atoms with Crippen LogP contribution in [0.2, 0.25) is 0 Å². The van der Waals surface area contributed by atoms with Crippen molar-refractivity contribution in [3.63, 3.8) is 0 Å². The maximum Gasteiger partial charge on any atom is 0.258 e. The third-order valence-corrected chi connectivity index (χ3v) is 3.40. The lowest BCUT2D eigenvalue weighted by atomic mass is 10.2. The van der Waals surface area contributed by atoms with Crippen molar-refractivity contribution in [1.29, 1.82) is 0 Å². The van der Waals surface area contributed by atoms with Gasteiger partial charge in [0.25, 0.3) is 5.91 Å². The number of ether oxygens (including phenoxy) is 3. The highest BCUT2D eigenvalue weighted by molar-refractivity contribution is 5.77. The lowest BCUT2D eigenvalue weighted by Gasteiger charge is -2.16. The predicted octanol–water partition coefficient (Wildman–Crippen LogP) is 2.97. The molecule has 0 aliphatic rings. The van der Waals surface area contributed by atoms with Crippen LogP contribution in [-0.2, 0) is 4.79 Å². The van der Waals surface area contributed by atoms with E-state index < -0.39 is 0 Å². The van der Waals surface area contributed by atoms with Crippen LogP contribution >= 0.6 is 0 Å². The van der Waals surface area contributed by atoms with Crippen LogP contribution in [0.15, 0.2) is 48.5 Å². The first-order valence-electron chi connectivity index (χ1n) is 7.83. The van der Waals surface area contributed by atoms with Crippen molar-refractivity contribution in [2.75, 3.05) is 20.3 Å². The SMILES string of the molecule is COc1cccc(OCC(=O)NC(C)COc2ccccc2C)c1. The van der Waals surface area contributed by atoms with Crippen LogP contribution in [0.1, 0.15) is 12.5 Å². The highest BCUT2D eigenvalue weighted by Gasteiger charge is 2.10. The molecule has 1 unspecified atom stereocenters. The molecule has 0 aliphatic carbocycles. The number of carbonyl (C=O) groups is 1. The molecule has 5 nitrogen and oxygen atoms in total. The molecule has 2 aromatic rings. The fraction of sp³-hybridized carbons (Fsp3) is 0.316. The summed E-state index contributed by atoms with van der Waals surface area (Å²) in [6.45, 7) is 4.22. The van der Waals surface area contributed by atoms with E-state index in [0.29, 0.717) is 18.1 Å². The van der Waals surface area contributed by atoms with E-state index in [0.717, 1.165) is 11.3 Å². The summed E-state index contributed by atoms with van der Waals surface area (Å²) in [5, 5.41) is 2.85. The van der Waals surface area contributed by atoms with Crippen LogP contribution in [0, 0.1) is 6.92 Å². The van der Waals surface area contributed by atoms with Crippen LogP contribution in [0.5, 0.6) is 17.2 Å². The van der Waals surface area contributed by atoms with Crippen LogP contribution < -0.4 is 19.5 Å². The van der Waals surface area contributed by atoms with Crippen molar-refractivity contribution in [1.82, 2.24) is 5.32 Å². The van der Waals surface area contributed by atoms with E-state index in [4.69, 9.17) is 14.2 Å². The Bertz CT molecular complexity index is 672. The molecule has 0 aliphatic heterocycles. The van der Waals surface area contributed by atoms with Crippen molar-refractivity contribution in [3.8, 4) is 17.2 Å². The first-order chi connectivity index (χ1) is 11.6. The molecule has 1 N–H and O–H groups in total. The number of benzene rings is 2. The van der Waals surface area contributed by atoms with Gasteiger partial charge in [-0.05, 0) is 37.6 Å². The van der Waals surface area contributed by atoms with E-state index in [9.17, 15) is 4.79 Å². The first kappa shape index (κ1) is 17.7. The predicted molar refractivity (Wildman–Crippen MR) is 92.8 cm³/mol. The maximum atomic E-state index is 11.9. The molecular formula is C19H23NO4. The molecule has 0 saturated heterocycles. The van der Waals surface area contributed by atoms with Gasteiger partial charge in [0.05, 0.1) is 13.2 Å². The van der Waals surface area contributed by atoms with E-state index in [1.54, 1.807) is 19.2 Å². The third-order valence-electron chi connectivity index (χ3n) is 3.40. The van der Waals surface area contributed by atoms with E-state index in [2.05, 4.69) is 5.32 Å². The molecule has 0 aromatic heterocycles. The lowest BCUT2D eigenvalue weighted by molar-refractivity contribution is -0.123. The van der Waals surface area contributed by atoms with Crippen LogP contribution in [0.4, 0.5) is 0 Å². The number of nitrogens with one attached hydrogen (secondary N) is 1. The topological polar surface area (TPSA) is 56.8 Å². The normalized spacial score (nSPS) is 11.5. The van der Waals surface area contributed by atoms with Gasteiger partial charge in [0.2, 0.25) is 0 Å². The summed E-state index contributed by atoms with van der Waals surface area (Å²) in [5.74, 6) is 1.91. The van der Waals surface area contributed by atoms with Gasteiger partial charge < -0.3 is 19.5 Å². The molecule has 1 amide bonds. The van der Waals surface area contributed by atoms with Gasteiger partial charge in [-0.25, -0.2) is 0 Å². The minimum atomic E-state index is -0.196. The Morgan fingerprint density at radius 1 is 1.08 bits per heavy atom. The zero-order valence-electron chi connectivity index (χ0n) is 14.2. The Morgan fingerprint density at radius 3 is 2.58 bits per heavy atom. The van der Waals surface area contributed by atoms with Crippen molar-refractivity contribution in [2.45, 2.75) is 19.9 Å². The Hall–Kier alpha value is -2.69. The molecule has 5 heteroatoms. The molecule has 24 heavy (non-hydrogen) atoms. The fourth-order valence-corrected chi connectivity index (χ4v) is 2.13.